The normalized spacial score (nSPS) is 10.6. The van der Waals surface area contributed by atoms with E-state index < -0.39 is 0 Å². The van der Waals surface area contributed by atoms with Crippen LogP contribution in [0.5, 0.6) is 5.75 Å². The maximum atomic E-state index is 6.01. The molecule has 0 aliphatic rings. The Balaban J connectivity index is 1.63. The van der Waals surface area contributed by atoms with Gasteiger partial charge in [0.1, 0.15) is 5.75 Å². The van der Waals surface area contributed by atoms with Gasteiger partial charge >= 0.3 is 0 Å². The SMILES string of the molecule is CCCOc1cccc(NCc2ncc(-c3cccc(Cl)c3)o2)c1. The van der Waals surface area contributed by atoms with Gasteiger partial charge in [0, 0.05) is 22.3 Å². The second-order valence-electron chi connectivity index (χ2n) is 5.36. The Kier molecular flexibility index (Phi) is 5.39. The van der Waals surface area contributed by atoms with Crippen molar-refractivity contribution in [1.82, 2.24) is 4.98 Å². The maximum absolute atomic E-state index is 6.01. The number of anilines is 1. The van der Waals surface area contributed by atoms with E-state index in [1.807, 2.05) is 48.5 Å². The van der Waals surface area contributed by atoms with Gasteiger partial charge in [-0.3, -0.25) is 0 Å². The zero-order chi connectivity index (χ0) is 16.8. The molecule has 3 aromatic rings. The van der Waals surface area contributed by atoms with Crippen molar-refractivity contribution in [2.24, 2.45) is 0 Å². The fraction of sp³-hybridized carbons (Fsp3) is 0.211. The van der Waals surface area contributed by atoms with E-state index in [-0.39, 0.29) is 0 Å². The lowest BCUT2D eigenvalue weighted by Gasteiger charge is -2.08. The molecule has 24 heavy (non-hydrogen) atoms. The molecule has 3 rings (SSSR count). The molecule has 0 amide bonds. The monoisotopic (exact) mass is 342 g/mol. The number of hydrogen-bond acceptors (Lipinski definition) is 4. The molecular weight excluding hydrogens is 324 g/mol. The van der Waals surface area contributed by atoms with E-state index in [1.165, 1.54) is 0 Å². The van der Waals surface area contributed by atoms with Crippen molar-refractivity contribution in [3.8, 4) is 17.1 Å². The van der Waals surface area contributed by atoms with Gasteiger partial charge in [-0.2, -0.15) is 0 Å². The molecule has 0 aliphatic carbocycles. The zero-order valence-electron chi connectivity index (χ0n) is 13.5. The molecule has 1 heterocycles. The third-order valence-corrected chi connectivity index (χ3v) is 3.65. The standard InChI is InChI=1S/C19H19ClN2O2/c1-2-9-23-17-8-4-7-16(11-17)21-13-19-22-12-18(24-19)14-5-3-6-15(20)10-14/h3-8,10-12,21H,2,9,13H2,1H3. The highest BCUT2D eigenvalue weighted by atomic mass is 35.5. The summed E-state index contributed by atoms with van der Waals surface area (Å²) < 4.78 is 11.4. The number of oxazole rings is 1. The van der Waals surface area contributed by atoms with Gasteiger partial charge in [-0.15, -0.1) is 0 Å². The number of nitrogens with zero attached hydrogens (tertiary/aromatic N) is 1. The van der Waals surface area contributed by atoms with Crippen molar-refractivity contribution in [2.45, 2.75) is 19.9 Å². The molecule has 4 nitrogen and oxygen atoms in total. The lowest BCUT2D eigenvalue weighted by Crippen LogP contribution is -2.00. The Labute approximate surface area is 146 Å². The Morgan fingerprint density at radius 2 is 2.04 bits per heavy atom. The van der Waals surface area contributed by atoms with Crippen molar-refractivity contribution in [3.63, 3.8) is 0 Å². The molecule has 0 radical (unpaired) electrons. The van der Waals surface area contributed by atoms with Crippen LogP contribution in [0.2, 0.25) is 5.02 Å². The average molecular weight is 343 g/mol. The van der Waals surface area contributed by atoms with Gasteiger partial charge in [0.2, 0.25) is 5.89 Å². The number of nitrogens with one attached hydrogen (secondary N) is 1. The summed E-state index contributed by atoms with van der Waals surface area (Å²) >= 11 is 6.01. The van der Waals surface area contributed by atoms with E-state index in [1.54, 1.807) is 6.20 Å². The van der Waals surface area contributed by atoms with Crippen LogP contribution in [-0.4, -0.2) is 11.6 Å². The van der Waals surface area contributed by atoms with Gasteiger partial charge in [0.05, 0.1) is 19.3 Å². The van der Waals surface area contributed by atoms with E-state index >= 15 is 0 Å². The van der Waals surface area contributed by atoms with Crippen LogP contribution in [0.4, 0.5) is 5.69 Å². The van der Waals surface area contributed by atoms with Crippen LogP contribution in [0.25, 0.3) is 11.3 Å². The largest absolute Gasteiger partial charge is 0.494 e. The molecule has 5 heteroatoms. The molecule has 1 N–H and O–H groups in total. The summed E-state index contributed by atoms with van der Waals surface area (Å²) in [6.07, 6.45) is 2.70. The van der Waals surface area contributed by atoms with Gasteiger partial charge in [0.15, 0.2) is 5.76 Å². The quantitative estimate of drug-likeness (QED) is 0.624. The highest BCUT2D eigenvalue weighted by molar-refractivity contribution is 6.30. The minimum Gasteiger partial charge on any atom is -0.494 e. The molecule has 124 valence electrons. The van der Waals surface area contributed by atoms with Gasteiger partial charge < -0.3 is 14.5 Å². The molecular formula is C19H19ClN2O2. The van der Waals surface area contributed by atoms with Gasteiger partial charge in [-0.1, -0.05) is 36.7 Å². The lowest BCUT2D eigenvalue weighted by atomic mass is 10.2. The Morgan fingerprint density at radius 3 is 2.88 bits per heavy atom. The molecule has 0 spiro atoms. The van der Waals surface area contributed by atoms with Crippen molar-refractivity contribution in [1.29, 1.82) is 0 Å². The summed E-state index contributed by atoms with van der Waals surface area (Å²) in [5.41, 5.74) is 1.88. The predicted molar refractivity (Wildman–Crippen MR) is 96.5 cm³/mol. The molecule has 0 aliphatic heterocycles. The van der Waals surface area contributed by atoms with Crippen molar-refractivity contribution < 1.29 is 9.15 Å². The van der Waals surface area contributed by atoms with Gasteiger partial charge in [-0.25, -0.2) is 4.98 Å². The number of benzene rings is 2. The van der Waals surface area contributed by atoms with Crippen LogP contribution in [-0.2, 0) is 6.54 Å². The Bertz CT molecular complexity index is 801. The number of aromatic nitrogens is 1. The summed E-state index contributed by atoms with van der Waals surface area (Å²) in [4.78, 5) is 4.31. The van der Waals surface area contributed by atoms with Crippen LogP contribution >= 0.6 is 11.6 Å². The van der Waals surface area contributed by atoms with E-state index in [0.717, 1.165) is 23.4 Å². The molecule has 2 aromatic carbocycles. The van der Waals surface area contributed by atoms with Crippen LogP contribution in [0.1, 0.15) is 19.2 Å². The first-order valence-electron chi connectivity index (χ1n) is 7.92. The average Bonchev–Trinajstić information content (AvgIpc) is 3.08. The number of ether oxygens (including phenoxy) is 1. The smallest absolute Gasteiger partial charge is 0.214 e. The maximum Gasteiger partial charge on any atom is 0.214 e. The number of hydrogen-bond donors (Lipinski definition) is 1. The molecule has 1 aromatic heterocycles. The summed E-state index contributed by atoms with van der Waals surface area (Å²) in [6, 6.07) is 15.4. The lowest BCUT2D eigenvalue weighted by molar-refractivity contribution is 0.317. The molecule has 0 atom stereocenters. The Morgan fingerprint density at radius 1 is 1.17 bits per heavy atom. The first-order valence-corrected chi connectivity index (χ1v) is 8.30. The molecule has 0 unspecified atom stereocenters. The van der Waals surface area contributed by atoms with Crippen LogP contribution in [0.15, 0.2) is 59.1 Å². The van der Waals surface area contributed by atoms with E-state index in [9.17, 15) is 0 Å². The second-order valence-corrected chi connectivity index (χ2v) is 5.79. The fourth-order valence-electron chi connectivity index (χ4n) is 2.26. The fourth-order valence-corrected chi connectivity index (χ4v) is 2.45. The Hall–Kier alpha value is -2.46. The van der Waals surface area contributed by atoms with Gasteiger partial charge in [-0.05, 0) is 30.7 Å². The number of rotatable bonds is 7. The van der Waals surface area contributed by atoms with Crippen molar-refractivity contribution in [2.75, 3.05) is 11.9 Å². The first-order chi connectivity index (χ1) is 11.7. The molecule has 0 bridgehead atoms. The zero-order valence-corrected chi connectivity index (χ0v) is 14.2. The third-order valence-electron chi connectivity index (χ3n) is 3.41. The number of halogens is 1. The molecule has 0 saturated heterocycles. The van der Waals surface area contributed by atoms with E-state index in [4.69, 9.17) is 20.8 Å². The van der Waals surface area contributed by atoms with Crippen molar-refractivity contribution >= 4 is 17.3 Å². The highest BCUT2D eigenvalue weighted by Gasteiger charge is 2.07. The van der Waals surface area contributed by atoms with Crippen LogP contribution < -0.4 is 10.1 Å². The third kappa shape index (κ3) is 4.30. The molecule has 0 saturated carbocycles. The highest BCUT2D eigenvalue weighted by Crippen LogP contribution is 2.24. The van der Waals surface area contributed by atoms with E-state index in [2.05, 4.69) is 17.2 Å². The summed E-state index contributed by atoms with van der Waals surface area (Å²) in [7, 11) is 0. The summed E-state index contributed by atoms with van der Waals surface area (Å²) in [5, 5.41) is 3.97. The van der Waals surface area contributed by atoms with Crippen molar-refractivity contribution in [3.05, 3.63) is 65.6 Å². The summed E-state index contributed by atoms with van der Waals surface area (Å²) in [5.74, 6) is 2.17. The van der Waals surface area contributed by atoms with Crippen LogP contribution in [0, 0.1) is 0 Å². The van der Waals surface area contributed by atoms with Crippen LogP contribution in [0.3, 0.4) is 0 Å². The van der Waals surface area contributed by atoms with Gasteiger partial charge in [0.25, 0.3) is 0 Å². The topological polar surface area (TPSA) is 47.3 Å². The minimum atomic E-state index is 0.498. The first kappa shape index (κ1) is 16.4. The molecule has 0 fully saturated rings. The summed E-state index contributed by atoms with van der Waals surface area (Å²) in [6.45, 7) is 3.30. The minimum absolute atomic E-state index is 0.498. The second kappa shape index (κ2) is 7.88. The van der Waals surface area contributed by atoms with E-state index in [0.29, 0.717) is 29.8 Å². The predicted octanol–water partition coefficient (Wildman–Crippen LogP) is 5.40.